The Bertz CT molecular complexity index is 323. The average molecular weight is 225 g/mol. The molecule has 0 saturated carbocycles. The Labute approximate surface area is 79.9 Å². The van der Waals surface area contributed by atoms with E-state index in [9.17, 15) is 0 Å². The lowest BCUT2D eigenvalue weighted by atomic mass is 10.0. The Kier molecular flexibility index (Phi) is 1.97. The van der Waals surface area contributed by atoms with Crippen LogP contribution < -0.4 is 0 Å². The van der Waals surface area contributed by atoms with E-state index < -0.39 is 0 Å². The molecular weight excluding hydrogens is 216 g/mol. The van der Waals surface area contributed by atoms with Gasteiger partial charge in [0.1, 0.15) is 11.9 Å². The van der Waals surface area contributed by atoms with Crippen molar-refractivity contribution < 1.29 is 0 Å². The molecule has 1 atom stereocenters. The maximum Gasteiger partial charge on any atom is 0.135 e. The Morgan fingerprint density at radius 3 is 3.08 bits per heavy atom. The van der Waals surface area contributed by atoms with Gasteiger partial charge >= 0.3 is 0 Å². The van der Waals surface area contributed by atoms with E-state index in [-0.39, 0.29) is 6.04 Å². The minimum atomic E-state index is 0.183. The number of rotatable bonds is 1. The van der Waals surface area contributed by atoms with Crippen molar-refractivity contribution in [3.8, 4) is 0 Å². The number of fused-ring (bicyclic) bond motifs is 1. The first-order valence-electron chi connectivity index (χ1n) is 3.87. The summed E-state index contributed by atoms with van der Waals surface area (Å²) < 4.78 is 0. The molecule has 0 unspecified atom stereocenters. The van der Waals surface area contributed by atoms with Gasteiger partial charge in [-0.1, -0.05) is 33.7 Å². The molecule has 3 heteroatoms. The summed E-state index contributed by atoms with van der Waals surface area (Å²) in [5.41, 5.74) is 2.33. The van der Waals surface area contributed by atoms with Crippen molar-refractivity contribution in [3.63, 3.8) is 0 Å². The lowest BCUT2D eigenvalue weighted by Gasteiger charge is -2.07. The second-order valence-electron chi connectivity index (χ2n) is 2.90. The van der Waals surface area contributed by atoms with Crippen LogP contribution in [0.25, 0.3) is 0 Å². The number of allylic oxidation sites excluding steroid dienone is 2. The van der Waals surface area contributed by atoms with Gasteiger partial charge in [0.05, 0.1) is 11.0 Å². The third kappa shape index (κ3) is 1.29. The van der Waals surface area contributed by atoms with E-state index >= 15 is 0 Å². The highest BCUT2D eigenvalue weighted by Gasteiger charge is 2.19. The molecule has 0 spiro atoms. The van der Waals surface area contributed by atoms with Crippen LogP contribution in [-0.2, 0) is 0 Å². The summed E-state index contributed by atoms with van der Waals surface area (Å²) in [7, 11) is 0. The van der Waals surface area contributed by atoms with E-state index in [1.54, 1.807) is 0 Å². The molecule has 0 bridgehead atoms. The van der Waals surface area contributed by atoms with Crippen molar-refractivity contribution in [1.82, 2.24) is 0 Å². The van der Waals surface area contributed by atoms with Gasteiger partial charge in [0.15, 0.2) is 0 Å². The van der Waals surface area contributed by atoms with Gasteiger partial charge in [-0.25, -0.2) is 4.99 Å². The minimum absolute atomic E-state index is 0.183. The average Bonchev–Trinajstić information content (AvgIpc) is 2.46. The van der Waals surface area contributed by atoms with Gasteiger partial charge in [-0.05, 0) is 13.0 Å². The summed E-state index contributed by atoms with van der Waals surface area (Å²) in [6.07, 6.45) is 6.25. The van der Waals surface area contributed by atoms with Crippen LogP contribution in [0.15, 0.2) is 33.8 Å². The van der Waals surface area contributed by atoms with Gasteiger partial charge in [0.2, 0.25) is 0 Å². The second kappa shape index (κ2) is 2.98. The van der Waals surface area contributed by atoms with Crippen molar-refractivity contribution in [2.45, 2.75) is 13.0 Å². The first kappa shape index (κ1) is 7.92. The van der Waals surface area contributed by atoms with Crippen molar-refractivity contribution in [2.75, 3.05) is 5.33 Å². The summed E-state index contributed by atoms with van der Waals surface area (Å²) >= 11 is 3.34. The van der Waals surface area contributed by atoms with Crippen molar-refractivity contribution in [3.05, 3.63) is 23.8 Å². The first-order chi connectivity index (χ1) is 5.79. The maximum atomic E-state index is 4.42. The standard InChI is InChI=1S/C9H9BrN2/c1-6-2-3-7-8(4-6)12-9(5-10)11-7/h2-4,8H,5H2,1H3/t8-/m0/s1. The molecule has 0 amide bonds. The van der Waals surface area contributed by atoms with Crippen LogP contribution in [0.5, 0.6) is 0 Å². The molecule has 1 heterocycles. The Morgan fingerprint density at radius 1 is 1.50 bits per heavy atom. The number of hydrogen-bond acceptors (Lipinski definition) is 2. The van der Waals surface area contributed by atoms with Crippen LogP contribution in [0.1, 0.15) is 6.92 Å². The molecule has 0 N–H and O–H groups in total. The van der Waals surface area contributed by atoms with Crippen LogP contribution in [0.3, 0.4) is 0 Å². The molecule has 12 heavy (non-hydrogen) atoms. The molecule has 0 aromatic carbocycles. The zero-order valence-electron chi connectivity index (χ0n) is 6.79. The third-order valence-corrected chi connectivity index (χ3v) is 2.41. The highest BCUT2D eigenvalue weighted by Crippen LogP contribution is 2.16. The monoisotopic (exact) mass is 224 g/mol. The van der Waals surface area contributed by atoms with Gasteiger partial charge in [-0.15, -0.1) is 0 Å². The molecule has 1 aliphatic carbocycles. The van der Waals surface area contributed by atoms with Crippen LogP contribution in [0, 0.1) is 0 Å². The Balaban J connectivity index is 2.31. The van der Waals surface area contributed by atoms with Crippen LogP contribution >= 0.6 is 15.9 Å². The summed E-state index contributed by atoms with van der Waals surface area (Å²) in [5, 5.41) is 0.744. The fourth-order valence-corrected chi connectivity index (χ4v) is 1.59. The van der Waals surface area contributed by atoms with Crippen molar-refractivity contribution >= 4 is 27.5 Å². The number of aliphatic imine (C=N–C) groups is 2. The first-order valence-corrected chi connectivity index (χ1v) is 4.99. The molecule has 0 aromatic heterocycles. The van der Waals surface area contributed by atoms with Crippen LogP contribution in [0.2, 0.25) is 0 Å². The summed E-state index contributed by atoms with van der Waals surface area (Å²) in [6.45, 7) is 2.08. The molecule has 62 valence electrons. The van der Waals surface area contributed by atoms with Gasteiger partial charge in [-0.3, -0.25) is 4.99 Å². The SMILES string of the molecule is CC1=C[C@@H]2N=C(CBr)N=C2C=C1. The molecule has 0 aromatic rings. The fraction of sp³-hybridized carbons (Fsp3) is 0.333. The van der Waals surface area contributed by atoms with E-state index in [2.05, 4.69) is 45.0 Å². The van der Waals surface area contributed by atoms with E-state index in [4.69, 9.17) is 0 Å². The van der Waals surface area contributed by atoms with E-state index in [1.807, 2.05) is 6.08 Å². The maximum absolute atomic E-state index is 4.42. The lowest BCUT2D eigenvalue weighted by molar-refractivity contribution is 1.09. The van der Waals surface area contributed by atoms with Crippen molar-refractivity contribution in [1.29, 1.82) is 0 Å². The Hall–Kier alpha value is -0.700. The summed E-state index contributed by atoms with van der Waals surface area (Å²) in [5.74, 6) is 0.894. The molecule has 2 aliphatic rings. The van der Waals surface area contributed by atoms with Gasteiger partial charge in [-0.2, -0.15) is 0 Å². The van der Waals surface area contributed by atoms with E-state index in [0.717, 1.165) is 16.9 Å². The van der Waals surface area contributed by atoms with E-state index in [0.29, 0.717) is 0 Å². The second-order valence-corrected chi connectivity index (χ2v) is 3.47. The lowest BCUT2D eigenvalue weighted by Crippen LogP contribution is -2.12. The Morgan fingerprint density at radius 2 is 2.33 bits per heavy atom. The number of halogens is 1. The molecular formula is C9H9BrN2. The number of amidine groups is 1. The van der Waals surface area contributed by atoms with Crippen molar-refractivity contribution in [2.24, 2.45) is 9.98 Å². The van der Waals surface area contributed by atoms with Crippen LogP contribution in [-0.4, -0.2) is 22.9 Å². The number of nitrogens with zero attached hydrogens (tertiary/aromatic N) is 2. The topological polar surface area (TPSA) is 24.7 Å². The smallest absolute Gasteiger partial charge is 0.135 e. The van der Waals surface area contributed by atoms with Crippen LogP contribution in [0.4, 0.5) is 0 Å². The zero-order valence-corrected chi connectivity index (χ0v) is 8.37. The minimum Gasteiger partial charge on any atom is -0.256 e. The highest BCUT2D eigenvalue weighted by molar-refractivity contribution is 9.09. The zero-order chi connectivity index (χ0) is 8.55. The molecule has 0 fully saturated rings. The fourth-order valence-electron chi connectivity index (χ4n) is 1.31. The largest absolute Gasteiger partial charge is 0.256 e. The molecule has 2 nitrogen and oxygen atoms in total. The molecule has 1 aliphatic heterocycles. The predicted octanol–water partition coefficient (Wildman–Crippen LogP) is 2.12. The number of alkyl halides is 1. The molecule has 0 saturated heterocycles. The summed E-state index contributed by atoms with van der Waals surface area (Å²) in [6, 6.07) is 0.183. The number of hydrogen-bond donors (Lipinski definition) is 0. The molecule has 2 rings (SSSR count). The highest BCUT2D eigenvalue weighted by atomic mass is 79.9. The van der Waals surface area contributed by atoms with E-state index in [1.165, 1.54) is 5.57 Å². The van der Waals surface area contributed by atoms with Gasteiger partial charge < -0.3 is 0 Å². The quantitative estimate of drug-likeness (QED) is 0.610. The molecule has 0 radical (unpaired) electrons. The predicted molar refractivity (Wildman–Crippen MR) is 55.3 cm³/mol. The van der Waals surface area contributed by atoms with Gasteiger partial charge in [0, 0.05) is 0 Å². The van der Waals surface area contributed by atoms with Gasteiger partial charge in [0.25, 0.3) is 0 Å². The summed E-state index contributed by atoms with van der Waals surface area (Å²) in [4.78, 5) is 8.77. The third-order valence-electron chi connectivity index (χ3n) is 1.91. The normalized spacial score (nSPS) is 26.2.